The van der Waals surface area contributed by atoms with Gasteiger partial charge in [0, 0.05) is 22.8 Å². The first-order valence-corrected chi connectivity index (χ1v) is 8.56. The Morgan fingerprint density at radius 3 is 2.72 bits per heavy atom. The second-order valence-electron chi connectivity index (χ2n) is 5.58. The Balaban J connectivity index is 1.63. The van der Waals surface area contributed by atoms with E-state index in [4.69, 9.17) is 5.73 Å². The highest BCUT2D eigenvalue weighted by molar-refractivity contribution is 7.14. The van der Waals surface area contributed by atoms with E-state index in [1.807, 2.05) is 41.1 Å². The van der Waals surface area contributed by atoms with E-state index >= 15 is 0 Å². The third-order valence-electron chi connectivity index (χ3n) is 3.87. The molecule has 0 bridgehead atoms. The molecule has 3 N–H and O–H groups in total. The van der Waals surface area contributed by atoms with E-state index < -0.39 is 5.91 Å². The summed E-state index contributed by atoms with van der Waals surface area (Å²) in [5.74, 6) is -0.439. The van der Waals surface area contributed by atoms with Crippen LogP contribution in [-0.2, 0) is 0 Å². The fraction of sp³-hybridized carbons (Fsp3) is 0.0556. The number of amides is 1. The van der Waals surface area contributed by atoms with Crippen LogP contribution >= 0.6 is 11.3 Å². The first-order valence-electron chi connectivity index (χ1n) is 7.68. The van der Waals surface area contributed by atoms with E-state index in [2.05, 4.69) is 15.3 Å². The summed E-state index contributed by atoms with van der Waals surface area (Å²) in [5.41, 5.74) is 10.3. The van der Waals surface area contributed by atoms with Crippen LogP contribution in [0.15, 0.2) is 54.0 Å². The number of nitrogens with two attached hydrogens (primary N) is 1. The molecule has 0 aliphatic carbocycles. The van der Waals surface area contributed by atoms with Crippen LogP contribution < -0.4 is 11.1 Å². The van der Waals surface area contributed by atoms with Crippen LogP contribution in [0, 0.1) is 6.92 Å². The number of imidazole rings is 1. The minimum Gasteiger partial charge on any atom is -0.366 e. The average molecular weight is 349 g/mol. The standard InChI is InChI=1S/C18H15N5OS/c1-11-16(23-9-3-2-4-15(23)20-11)14-10-25-18(22-14)21-13-7-5-12(6-8-13)17(19)24/h2-10H,1H3,(H2,19,24)(H,21,22). The summed E-state index contributed by atoms with van der Waals surface area (Å²) in [6.45, 7) is 1.98. The van der Waals surface area contributed by atoms with Gasteiger partial charge >= 0.3 is 0 Å². The predicted octanol–water partition coefficient (Wildman–Crippen LogP) is 3.61. The topological polar surface area (TPSA) is 85.3 Å². The zero-order valence-corrected chi connectivity index (χ0v) is 14.2. The van der Waals surface area contributed by atoms with Crippen molar-refractivity contribution in [3.63, 3.8) is 0 Å². The Hall–Kier alpha value is -3.19. The van der Waals surface area contributed by atoms with E-state index in [0.29, 0.717) is 5.56 Å². The van der Waals surface area contributed by atoms with Crippen molar-refractivity contribution in [2.24, 2.45) is 5.73 Å². The second-order valence-corrected chi connectivity index (χ2v) is 6.44. The first-order chi connectivity index (χ1) is 12.1. The summed E-state index contributed by atoms with van der Waals surface area (Å²) >= 11 is 1.52. The fourth-order valence-electron chi connectivity index (χ4n) is 2.70. The van der Waals surface area contributed by atoms with Gasteiger partial charge in [0.15, 0.2) is 5.13 Å². The monoisotopic (exact) mass is 349 g/mol. The van der Waals surface area contributed by atoms with Gasteiger partial charge in [-0.25, -0.2) is 9.97 Å². The lowest BCUT2D eigenvalue weighted by molar-refractivity contribution is 0.100. The van der Waals surface area contributed by atoms with Gasteiger partial charge in [-0.05, 0) is 43.3 Å². The summed E-state index contributed by atoms with van der Waals surface area (Å²) in [7, 11) is 0. The molecular formula is C18H15N5OS. The summed E-state index contributed by atoms with van der Waals surface area (Å²) in [4.78, 5) is 20.4. The first kappa shape index (κ1) is 15.3. The van der Waals surface area contributed by atoms with Crippen molar-refractivity contribution >= 4 is 33.7 Å². The smallest absolute Gasteiger partial charge is 0.248 e. The number of benzene rings is 1. The lowest BCUT2D eigenvalue weighted by Gasteiger charge is -2.03. The molecule has 0 radical (unpaired) electrons. The number of hydrogen-bond acceptors (Lipinski definition) is 5. The van der Waals surface area contributed by atoms with Crippen LogP contribution in [-0.4, -0.2) is 20.3 Å². The number of aromatic nitrogens is 3. The zero-order valence-electron chi connectivity index (χ0n) is 13.4. The number of aryl methyl sites for hydroxylation is 1. The van der Waals surface area contributed by atoms with Crippen LogP contribution in [0.25, 0.3) is 17.0 Å². The van der Waals surface area contributed by atoms with E-state index in [1.54, 1.807) is 24.3 Å². The van der Waals surface area contributed by atoms with E-state index in [0.717, 1.165) is 33.5 Å². The SMILES string of the molecule is Cc1nc2ccccn2c1-c1csc(Nc2ccc(C(N)=O)cc2)n1. The van der Waals surface area contributed by atoms with Gasteiger partial charge in [-0.15, -0.1) is 11.3 Å². The molecule has 6 nitrogen and oxygen atoms in total. The summed E-state index contributed by atoms with van der Waals surface area (Å²) in [6.07, 6.45) is 1.99. The Morgan fingerprint density at radius 2 is 1.96 bits per heavy atom. The van der Waals surface area contributed by atoms with Gasteiger partial charge in [-0.2, -0.15) is 0 Å². The van der Waals surface area contributed by atoms with E-state index in [-0.39, 0.29) is 0 Å². The van der Waals surface area contributed by atoms with Gasteiger partial charge in [0.1, 0.15) is 11.3 Å². The van der Waals surface area contributed by atoms with Crippen molar-refractivity contribution in [3.8, 4) is 11.4 Å². The van der Waals surface area contributed by atoms with Crippen LogP contribution in [0.2, 0.25) is 0 Å². The lowest BCUT2D eigenvalue weighted by Crippen LogP contribution is -2.10. The van der Waals surface area contributed by atoms with Gasteiger partial charge in [-0.1, -0.05) is 6.07 Å². The molecule has 25 heavy (non-hydrogen) atoms. The highest BCUT2D eigenvalue weighted by Gasteiger charge is 2.14. The Kier molecular flexibility index (Phi) is 3.70. The van der Waals surface area contributed by atoms with E-state index in [9.17, 15) is 4.79 Å². The number of primary amides is 1. The zero-order chi connectivity index (χ0) is 17.4. The highest BCUT2D eigenvalue weighted by Crippen LogP contribution is 2.29. The number of nitrogens with zero attached hydrogens (tertiary/aromatic N) is 3. The molecule has 0 saturated carbocycles. The van der Waals surface area contributed by atoms with Crippen molar-refractivity contribution in [3.05, 3.63) is 65.3 Å². The maximum absolute atomic E-state index is 11.1. The molecule has 7 heteroatoms. The Labute approximate surface area is 148 Å². The molecule has 1 amide bonds. The molecule has 0 saturated heterocycles. The number of rotatable bonds is 4. The van der Waals surface area contributed by atoms with E-state index in [1.165, 1.54) is 11.3 Å². The minimum atomic E-state index is -0.439. The van der Waals surface area contributed by atoms with Crippen molar-refractivity contribution in [1.82, 2.24) is 14.4 Å². The highest BCUT2D eigenvalue weighted by atomic mass is 32.1. The van der Waals surface area contributed by atoms with Gasteiger partial charge < -0.3 is 11.1 Å². The van der Waals surface area contributed by atoms with Crippen molar-refractivity contribution in [2.45, 2.75) is 6.92 Å². The number of carbonyl (C=O) groups is 1. The number of pyridine rings is 1. The summed E-state index contributed by atoms with van der Waals surface area (Å²) in [5, 5.41) is 6.02. The Bertz CT molecular complexity index is 1060. The molecule has 3 heterocycles. The van der Waals surface area contributed by atoms with Crippen LogP contribution in [0.4, 0.5) is 10.8 Å². The minimum absolute atomic E-state index is 0.439. The van der Waals surface area contributed by atoms with Crippen molar-refractivity contribution < 1.29 is 4.79 Å². The molecule has 0 aliphatic heterocycles. The molecule has 124 valence electrons. The molecule has 0 atom stereocenters. The molecule has 4 rings (SSSR count). The van der Waals surface area contributed by atoms with Crippen LogP contribution in [0.3, 0.4) is 0 Å². The van der Waals surface area contributed by atoms with Crippen LogP contribution in [0.1, 0.15) is 16.1 Å². The predicted molar refractivity (Wildman–Crippen MR) is 99.3 cm³/mol. The molecule has 1 aromatic carbocycles. The maximum atomic E-state index is 11.1. The van der Waals surface area contributed by atoms with Crippen LogP contribution in [0.5, 0.6) is 0 Å². The molecule has 0 fully saturated rings. The number of anilines is 2. The van der Waals surface area contributed by atoms with Crippen molar-refractivity contribution in [2.75, 3.05) is 5.32 Å². The fourth-order valence-corrected chi connectivity index (χ4v) is 3.42. The van der Waals surface area contributed by atoms with Gasteiger partial charge in [-0.3, -0.25) is 9.20 Å². The number of fused-ring (bicyclic) bond motifs is 1. The van der Waals surface area contributed by atoms with Gasteiger partial charge in [0.05, 0.1) is 11.4 Å². The molecule has 3 aromatic heterocycles. The summed E-state index contributed by atoms with van der Waals surface area (Å²) in [6, 6.07) is 12.9. The summed E-state index contributed by atoms with van der Waals surface area (Å²) < 4.78 is 2.04. The largest absolute Gasteiger partial charge is 0.366 e. The normalized spacial score (nSPS) is 10.9. The lowest BCUT2D eigenvalue weighted by atomic mass is 10.2. The van der Waals surface area contributed by atoms with Gasteiger partial charge in [0.2, 0.25) is 5.91 Å². The van der Waals surface area contributed by atoms with Crippen molar-refractivity contribution in [1.29, 1.82) is 0 Å². The molecule has 0 unspecified atom stereocenters. The second kappa shape index (κ2) is 6.03. The number of hydrogen-bond donors (Lipinski definition) is 2. The quantitative estimate of drug-likeness (QED) is 0.589. The molecule has 4 aromatic rings. The average Bonchev–Trinajstić information content (AvgIpc) is 3.18. The molecular weight excluding hydrogens is 334 g/mol. The number of thiazole rings is 1. The maximum Gasteiger partial charge on any atom is 0.248 e. The molecule has 0 aliphatic rings. The third-order valence-corrected chi connectivity index (χ3v) is 4.63. The molecule has 0 spiro atoms. The number of carbonyl (C=O) groups excluding carboxylic acids is 1. The Morgan fingerprint density at radius 1 is 1.16 bits per heavy atom. The number of nitrogens with one attached hydrogen (secondary N) is 1. The third kappa shape index (κ3) is 2.85. The van der Waals surface area contributed by atoms with Gasteiger partial charge in [0.25, 0.3) is 0 Å².